The topological polar surface area (TPSA) is 34.9 Å². The molecule has 12 heavy (non-hydrogen) atoms. The number of aryl methyl sites for hydroxylation is 1. The van der Waals surface area contributed by atoms with Gasteiger partial charge in [0.05, 0.1) is 11.1 Å². The Hall–Kier alpha value is -0.420. The Bertz CT molecular complexity index is 335. The number of aromatic nitrogens is 2. The zero-order chi connectivity index (χ0) is 9.14. The van der Waals surface area contributed by atoms with Gasteiger partial charge in [0.15, 0.2) is 0 Å². The lowest BCUT2D eigenvalue weighted by molar-refractivity contribution is 0.671. The minimum Gasteiger partial charge on any atom is -0.266 e. The number of thioether (sulfide) groups is 1. The molecule has 5 heteroatoms. The van der Waals surface area contributed by atoms with Gasteiger partial charge in [-0.1, -0.05) is 6.92 Å². The number of hydrogen-bond donors (Lipinski definition) is 1. The van der Waals surface area contributed by atoms with E-state index in [4.69, 9.17) is 0 Å². The molecule has 66 valence electrons. The van der Waals surface area contributed by atoms with E-state index in [1.165, 1.54) is 16.4 Å². The van der Waals surface area contributed by atoms with E-state index in [9.17, 15) is 4.79 Å². The van der Waals surface area contributed by atoms with Gasteiger partial charge in [-0.05, 0) is 5.75 Å². The lowest BCUT2D eigenvalue weighted by Gasteiger charge is -2.02. The molecule has 0 saturated carbocycles. The third-order valence-electron chi connectivity index (χ3n) is 1.36. The van der Waals surface area contributed by atoms with Crippen LogP contribution in [-0.2, 0) is 7.05 Å². The van der Waals surface area contributed by atoms with Crippen molar-refractivity contribution in [2.45, 2.75) is 16.7 Å². The minimum absolute atomic E-state index is 0.0747. The molecule has 0 saturated heterocycles. The summed E-state index contributed by atoms with van der Waals surface area (Å²) in [6, 6.07) is 0. The number of rotatable bonds is 2. The van der Waals surface area contributed by atoms with Crippen molar-refractivity contribution in [1.82, 2.24) is 9.78 Å². The van der Waals surface area contributed by atoms with Crippen molar-refractivity contribution in [3.8, 4) is 0 Å². The van der Waals surface area contributed by atoms with Crippen LogP contribution < -0.4 is 5.56 Å². The molecule has 1 aromatic heterocycles. The molecule has 0 bridgehead atoms. The standard InChI is InChI=1S/C7H10N2OS2/c1-3-12-6-5(11)4-8-9(2)7(6)10/h4,11H,3H2,1-2H3. The Kier molecular flexibility index (Phi) is 3.22. The molecular formula is C7H10N2OS2. The number of nitrogens with zero attached hydrogens (tertiary/aromatic N) is 2. The van der Waals surface area contributed by atoms with Gasteiger partial charge >= 0.3 is 0 Å². The van der Waals surface area contributed by atoms with Crippen LogP contribution in [0.5, 0.6) is 0 Å². The summed E-state index contributed by atoms with van der Waals surface area (Å²) in [5.41, 5.74) is -0.0747. The fourth-order valence-corrected chi connectivity index (χ4v) is 1.87. The van der Waals surface area contributed by atoms with Crippen LogP contribution in [-0.4, -0.2) is 15.5 Å². The summed E-state index contributed by atoms with van der Waals surface area (Å²) in [5.74, 6) is 0.868. The second-order valence-corrected chi connectivity index (χ2v) is 3.98. The summed E-state index contributed by atoms with van der Waals surface area (Å²) in [6.45, 7) is 2.00. The summed E-state index contributed by atoms with van der Waals surface area (Å²) in [5, 5.41) is 3.84. The lowest BCUT2D eigenvalue weighted by atomic mass is 10.6. The van der Waals surface area contributed by atoms with E-state index in [1.807, 2.05) is 6.92 Å². The van der Waals surface area contributed by atoms with Crippen molar-refractivity contribution in [2.24, 2.45) is 7.05 Å². The average Bonchev–Trinajstić information content (AvgIpc) is 2.06. The van der Waals surface area contributed by atoms with E-state index in [0.717, 1.165) is 5.75 Å². The molecule has 3 nitrogen and oxygen atoms in total. The zero-order valence-electron chi connectivity index (χ0n) is 6.94. The minimum atomic E-state index is -0.0747. The smallest absolute Gasteiger partial charge is 0.266 e. The first-order chi connectivity index (χ1) is 5.66. The van der Waals surface area contributed by atoms with Gasteiger partial charge in [0.25, 0.3) is 5.56 Å². The van der Waals surface area contributed by atoms with Crippen LogP contribution in [0.15, 0.2) is 20.8 Å². The molecule has 0 aliphatic heterocycles. The second-order valence-electron chi connectivity index (χ2n) is 2.22. The van der Waals surface area contributed by atoms with Gasteiger partial charge in [0, 0.05) is 11.9 Å². The lowest BCUT2D eigenvalue weighted by Crippen LogP contribution is -2.21. The molecular weight excluding hydrogens is 192 g/mol. The van der Waals surface area contributed by atoms with Crippen molar-refractivity contribution in [1.29, 1.82) is 0 Å². The molecule has 0 amide bonds. The van der Waals surface area contributed by atoms with Crippen LogP contribution in [0.2, 0.25) is 0 Å². The number of thiol groups is 1. The first-order valence-corrected chi connectivity index (χ1v) is 4.98. The van der Waals surface area contributed by atoms with Gasteiger partial charge in [-0.2, -0.15) is 5.10 Å². The third-order valence-corrected chi connectivity index (χ3v) is 2.82. The SMILES string of the molecule is CCSc1c(S)cnn(C)c1=O. The molecule has 1 rings (SSSR count). The van der Waals surface area contributed by atoms with Gasteiger partial charge in [0.2, 0.25) is 0 Å². The Labute approximate surface area is 80.6 Å². The molecule has 0 N–H and O–H groups in total. The predicted molar refractivity (Wildman–Crippen MR) is 53.1 cm³/mol. The monoisotopic (exact) mass is 202 g/mol. The van der Waals surface area contributed by atoms with Crippen LogP contribution in [0.3, 0.4) is 0 Å². The van der Waals surface area contributed by atoms with E-state index in [0.29, 0.717) is 9.79 Å². The first kappa shape index (κ1) is 9.67. The highest BCUT2D eigenvalue weighted by molar-refractivity contribution is 7.99. The van der Waals surface area contributed by atoms with E-state index in [-0.39, 0.29) is 5.56 Å². The Morgan fingerprint density at radius 2 is 2.42 bits per heavy atom. The molecule has 0 atom stereocenters. The molecule has 0 aliphatic carbocycles. The highest BCUT2D eigenvalue weighted by Crippen LogP contribution is 2.19. The van der Waals surface area contributed by atoms with Gasteiger partial charge in [-0.25, -0.2) is 4.68 Å². The van der Waals surface area contributed by atoms with Crippen molar-refractivity contribution in [2.75, 3.05) is 5.75 Å². The summed E-state index contributed by atoms with van der Waals surface area (Å²) < 4.78 is 1.32. The maximum Gasteiger partial charge on any atom is 0.281 e. The summed E-state index contributed by atoms with van der Waals surface area (Å²) in [7, 11) is 1.63. The average molecular weight is 202 g/mol. The van der Waals surface area contributed by atoms with E-state index < -0.39 is 0 Å². The Balaban J connectivity index is 3.24. The molecule has 1 aromatic rings. The van der Waals surface area contributed by atoms with Gasteiger partial charge in [0.1, 0.15) is 0 Å². The second kappa shape index (κ2) is 4.00. The summed E-state index contributed by atoms with van der Waals surface area (Å²) >= 11 is 5.65. The van der Waals surface area contributed by atoms with Crippen molar-refractivity contribution >= 4 is 24.4 Å². The van der Waals surface area contributed by atoms with Crippen molar-refractivity contribution in [3.05, 3.63) is 16.6 Å². The number of hydrogen-bond acceptors (Lipinski definition) is 4. The zero-order valence-corrected chi connectivity index (χ0v) is 8.65. The predicted octanol–water partition coefficient (Wildman–Crippen LogP) is 1.18. The molecule has 0 spiro atoms. The van der Waals surface area contributed by atoms with E-state index in [1.54, 1.807) is 13.2 Å². The largest absolute Gasteiger partial charge is 0.281 e. The third kappa shape index (κ3) is 1.84. The molecule has 0 radical (unpaired) electrons. The molecule has 1 heterocycles. The normalized spacial score (nSPS) is 10.2. The summed E-state index contributed by atoms with van der Waals surface area (Å²) in [4.78, 5) is 12.7. The molecule has 0 aliphatic rings. The highest BCUT2D eigenvalue weighted by atomic mass is 32.2. The van der Waals surface area contributed by atoms with Crippen LogP contribution >= 0.6 is 24.4 Å². The van der Waals surface area contributed by atoms with Gasteiger partial charge in [-0.3, -0.25) is 4.79 Å². The fourth-order valence-electron chi connectivity index (χ4n) is 0.789. The van der Waals surface area contributed by atoms with Crippen molar-refractivity contribution < 1.29 is 0 Å². The molecule has 0 fully saturated rings. The Morgan fingerprint density at radius 1 is 1.75 bits per heavy atom. The van der Waals surface area contributed by atoms with Crippen LogP contribution in [0.25, 0.3) is 0 Å². The maximum atomic E-state index is 11.4. The fraction of sp³-hybridized carbons (Fsp3) is 0.429. The first-order valence-electron chi connectivity index (χ1n) is 3.55. The van der Waals surface area contributed by atoms with Crippen LogP contribution in [0, 0.1) is 0 Å². The molecule has 0 aromatic carbocycles. The van der Waals surface area contributed by atoms with Crippen molar-refractivity contribution in [3.63, 3.8) is 0 Å². The van der Waals surface area contributed by atoms with E-state index in [2.05, 4.69) is 17.7 Å². The van der Waals surface area contributed by atoms with E-state index >= 15 is 0 Å². The quantitative estimate of drug-likeness (QED) is 0.578. The van der Waals surface area contributed by atoms with Crippen LogP contribution in [0.4, 0.5) is 0 Å². The summed E-state index contributed by atoms with van der Waals surface area (Å²) in [6.07, 6.45) is 1.59. The highest BCUT2D eigenvalue weighted by Gasteiger charge is 2.05. The van der Waals surface area contributed by atoms with Gasteiger partial charge < -0.3 is 0 Å². The molecule has 0 unspecified atom stereocenters. The van der Waals surface area contributed by atoms with Crippen LogP contribution in [0.1, 0.15) is 6.92 Å². The Morgan fingerprint density at radius 3 is 3.00 bits per heavy atom. The maximum absolute atomic E-state index is 11.4. The van der Waals surface area contributed by atoms with Gasteiger partial charge in [-0.15, -0.1) is 24.4 Å².